The first kappa shape index (κ1) is 23.4. The molecular weight excluding hydrogens is 462 g/mol. The molecule has 0 amide bonds. The van der Waals surface area contributed by atoms with Crippen LogP contribution in [-0.2, 0) is 11.9 Å². The molecule has 35 heavy (non-hydrogen) atoms. The number of hydrogen-bond acceptors (Lipinski definition) is 6. The van der Waals surface area contributed by atoms with E-state index in [1.54, 1.807) is 19.2 Å². The molecule has 0 bridgehead atoms. The molecule has 3 aromatic rings. The number of halogens is 1. The second-order valence-corrected chi connectivity index (χ2v) is 9.89. The summed E-state index contributed by atoms with van der Waals surface area (Å²) >= 11 is 6.16. The largest absolute Gasteiger partial charge is 0.395 e. The Balaban J connectivity index is 1.36. The van der Waals surface area contributed by atoms with Gasteiger partial charge in [0.1, 0.15) is 28.9 Å². The van der Waals surface area contributed by atoms with Gasteiger partial charge >= 0.3 is 0 Å². The average molecular weight is 490 g/mol. The SMILES string of the molecule is Cn1c(=O)c(C#N)c(N[C@H]2CC[C@H](/C(=N\OCC3CC3)c3ccccc3)CC2)c2nc(Cl)ccc21. The van der Waals surface area contributed by atoms with Crippen molar-refractivity contribution in [2.24, 2.45) is 24.0 Å². The number of fused-ring (bicyclic) bond motifs is 1. The van der Waals surface area contributed by atoms with Crippen molar-refractivity contribution in [3.63, 3.8) is 0 Å². The van der Waals surface area contributed by atoms with E-state index in [9.17, 15) is 10.1 Å². The Hall–Kier alpha value is -3.37. The molecule has 0 atom stereocenters. The van der Waals surface area contributed by atoms with Crippen molar-refractivity contribution in [3.05, 3.63) is 69.1 Å². The van der Waals surface area contributed by atoms with Gasteiger partial charge in [-0.15, -0.1) is 0 Å². The molecule has 7 nitrogen and oxygen atoms in total. The summed E-state index contributed by atoms with van der Waals surface area (Å²) in [6.07, 6.45) is 6.07. The Kier molecular flexibility index (Phi) is 6.74. The first-order valence-electron chi connectivity index (χ1n) is 12.2. The second kappa shape index (κ2) is 10.1. The molecular formula is C27H28ClN5O2. The lowest BCUT2D eigenvalue weighted by Crippen LogP contribution is -2.32. The summed E-state index contributed by atoms with van der Waals surface area (Å²) in [7, 11) is 1.64. The number of hydrogen-bond donors (Lipinski definition) is 1. The summed E-state index contributed by atoms with van der Waals surface area (Å²) < 4.78 is 1.45. The van der Waals surface area contributed by atoms with Gasteiger partial charge in [-0.2, -0.15) is 5.26 Å². The molecule has 0 spiro atoms. The second-order valence-electron chi connectivity index (χ2n) is 9.50. The topological polar surface area (TPSA) is 92.3 Å². The van der Waals surface area contributed by atoms with Crippen molar-refractivity contribution in [1.29, 1.82) is 5.26 Å². The molecule has 0 unspecified atom stereocenters. The van der Waals surface area contributed by atoms with Crippen molar-refractivity contribution in [2.45, 2.75) is 44.6 Å². The first-order valence-corrected chi connectivity index (χ1v) is 12.5. The Morgan fingerprint density at radius 2 is 1.91 bits per heavy atom. The van der Waals surface area contributed by atoms with E-state index in [1.165, 1.54) is 17.4 Å². The lowest BCUT2D eigenvalue weighted by molar-refractivity contribution is 0.132. The first-order chi connectivity index (χ1) is 17.0. The highest BCUT2D eigenvalue weighted by Crippen LogP contribution is 2.33. The van der Waals surface area contributed by atoms with E-state index >= 15 is 0 Å². The number of aryl methyl sites for hydroxylation is 1. The summed E-state index contributed by atoms with van der Waals surface area (Å²) in [5.74, 6) is 0.943. The molecule has 0 aliphatic heterocycles. The van der Waals surface area contributed by atoms with Crippen LogP contribution in [0.2, 0.25) is 5.15 Å². The number of pyridine rings is 2. The van der Waals surface area contributed by atoms with Crippen LogP contribution >= 0.6 is 11.6 Å². The number of aromatic nitrogens is 2. The maximum atomic E-state index is 12.8. The predicted molar refractivity (Wildman–Crippen MR) is 138 cm³/mol. The minimum Gasteiger partial charge on any atom is -0.395 e. The molecule has 0 radical (unpaired) electrons. The summed E-state index contributed by atoms with van der Waals surface area (Å²) in [5, 5.41) is 18.1. The number of anilines is 1. The van der Waals surface area contributed by atoms with Gasteiger partial charge in [0.15, 0.2) is 0 Å². The number of rotatable bonds is 7. The van der Waals surface area contributed by atoms with Gasteiger partial charge < -0.3 is 14.7 Å². The van der Waals surface area contributed by atoms with Crippen LogP contribution in [-0.4, -0.2) is 27.9 Å². The number of nitrogens with zero attached hydrogens (tertiary/aromatic N) is 4. The van der Waals surface area contributed by atoms with E-state index in [2.05, 4.69) is 33.7 Å². The van der Waals surface area contributed by atoms with Gasteiger partial charge in [-0.3, -0.25) is 4.79 Å². The fourth-order valence-corrected chi connectivity index (χ4v) is 4.96. The summed E-state index contributed by atoms with van der Waals surface area (Å²) in [5.41, 5.74) is 3.49. The number of nitriles is 1. The van der Waals surface area contributed by atoms with Gasteiger partial charge in [0.25, 0.3) is 5.56 Å². The zero-order valence-electron chi connectivity index (χ0n) is 19.7. The van der Waals surface area contributed by atoms with Crippen LogP contribution in [0.1, 0.15) is 49.7 Å². The minimum absolute atomic E-state index is 0.0666. The summed E-state index contributed by atoms with van der Waals surface area (Å²) in [6, 6.07) is 15.8. The van der Waals surface area contributed by atoms with Crippen LogP contribution in [0.5, 0.6) is 0 Å². The third kappa shape index (κ3) is 5.03. The fraction of sp³-hybridized carbons (Fsp3) is 0.407. The van der Waals surface area contributed by atoms with Crippen molar-refractivity contribution in [1.82, 2.24) is 9.55 Å². The number of nitrogens with one attached hydrogen (secondary N) is 1. The fourth-order valence-electron chi connectivity index (χ4n) is 4.81. The average Bonchev–Trinajstić information content (AvgIpc) is 3.71. The molecule has 5 rings (SSSR count). The van der Waals surface area contributed by atoms with Crippen LogP contribution in [0.3, 0.4) is 0 Å². The maximum Gasteiger partial charge on any atom is 0.270 e. The Morgan fingerprint density at radius 3 is 2.60 bits per heavy atom. The molecule has 8 heteroatoms. The van der Waals surface area contributed by atoms with Crippen LogP contribution in [0.25, 0.3) is 11.0 Å². The van der Waals surface area contributed by atoms with Gasteiger partial charge in [-0.1, -0.05) is 47.1 Å². The smallest absolute Gasteiger partial charge is 0.270 e. The third-order valence-corrected chi connectivity index (χ3v) is 7.23. The molecule has 2 saturated carbocycles. The summed E-state index contributed by atoms with van der Waals surface area (Å²) in [6.45, 7) is 0.690. The van der Waals surface area contributed by atoms with Gasteiger partial charge in [0.05, 0.1) is 16.9 Å². The predicted octanol–water partition coefficient (Wildman–Crippen LogP) is 5.26. The standard InChI is InChI=1S/C27H28ClN5O2/c1-33-22-13-14-23(28)31-26(22)25(21(15-29)27(33)34)30-20-11-9-19(10-12-20)24(18-5-3-2-4-6-18)32-35-16-17-7-8-17/h2-6,13-14,17,19-20,30H,7-12,16H2,1H3/b32-24-/t19-,20-. The molecule has 2 fully saturated rings. The molecule has 2 heterocycles. The van der Waals surface area contributed by atoms with Crippen molar-refractivity contribution in [3.8, 4) is 6.07 Å². The monoisotopic (exact) mass is 489 g/mol. The van der Waals surface area contributed by atoms with E-state index < -0.39 is 0 Å². The van der Waals surface area contributed by atoms with E-state index in [0.29, 0.717) is 34.4 Å². The van der Waals surface area contributed by atoms with Crippen molar-refractivity contribution < 1.29 is 4.84 Å². The summed E-state index contributed by atoms with van der Waals surface area (Å²) in [4.78, 5) is 23.0. The lowest BCUT2D eigenvalue weighted by Gasteiger charge is -2.31. The van der Waals surface area contributed by atoms with Gasteiger partial charge in [0.2, 0.25) is 0 Å². The molecule has 2 aliphatic carbocycles. The zero-order chi connectivity index (χ0) is 24.4. The maximum absolute atomic E-state index is 12.8. The molecule has 0 saturated heterocycles. The van der Waals surface area contributed by atoms with Crippen molar-refractivity contribution in [2.75, 3.05) is 11.9 Å². The van der Waals surface area contributed by atoms with Crippen LogP contribution in [0.15, 0.2) is 52.4 Å². The third-order valence-electron chi connectivity index (χ3n) is 7.02. The quantitative estimate of drug-likeness (QED) is 0.277. The van der Waals surface area contributed by atoms with Crippen molar-refractivity contribution >= 4 is 34.0 Å². The van der Waals surface area contributed by atoms with Crippen LogP contribution < -0.4 is 10.9 Å². The minimum atomic E-state index is -0.341. The molecule has 2 aromatic heterocycles. The van der Waals surface area contributed by atoms with E-state index in [-0.39, 0.29) is 23.1 Å². The lowest BCUT2D eigenvalue weighted by atomic mass is 9.81. The highest BCUT2D eigenvalue weighted by atomic mass is 35.5. The molecule has 1 N–H and O–H groups in total. The number of oxime groups is 1. The van der Waals surface area contributed by atoms with Gasteiger partial charge in [0, 0.05) is 19.0 Å². The highest BCUT2D eigenvalue weighted by Gasteiger charge is 2.28. The Bertz CT molecular complexity index is 1350. The molecule has 2 aliphatic rings. The molecule has 180 valence electrons. The van der Waals surface area contributed by atoms with Gasteiger partial charge in [-0.25, -0.2) is 4.98 Å². The van der Waals surface area contributed by atoms with E-state index in [4.69, 9.17) is 16.4 Å². The molecule has 1 aromatic carbocycles. The normalized spacial score (nSPS) is 20.4. The van der Waals surface area contributed by atoms with E-state index in [0.717, 1.165) is 37.0 Å². The van der Waals surface area contributed by atoms with E-state index in [1.807, 2.05) is 18.2 Å². The Labute approximate surface area is 209 Å². The highest BCUT2D eigenvalue weighted by molar-refractivity contribution is 6.29. The number of benzene rings is 1. The van der Waals surface area contributed by atoms with Crippen LogP contribution in [0.4, 0.5) is 5.69 Å². The van der Waals surface area contributed by atoms with Gasteiger partial charge in [-0.05, 0) is 62.1 Å². The Morgan fingerprint density at radius 1 is 1.17 bits per heavy atom. The zero-order valence-corrected chi connectivity index (χ0v) is 20.5. The van der Waals surface area contributed by atoms with Crippen LogP contribution in [0, 0.1) is 23.2 Å².